The molecule has 2 heterocycles. The fraction of sp³-hybridized carbons (Fsp3) is 0.174. The second-order valence-electron chi connectivity index (χ2n) is 6.88. The Balaban J connectivity index is 1.35. The van der Waals surface area contributed by atoms with Crippen molar-refractivity contribution < 1.29 is 9.47 Å². The number of imidazole rings is 1. The van der Waals surface area contributed by atoms with Crippen LogP contribution in [0.15, 0.2) is 72.8 Å². The van der Waals surface area contributed by atoms with Crippen molar-refractivity contribution in [1.29, 1.82) is 0 Å². The normalized spacial score (nSPS) is 12.6. The zero-order valence-electron chi connectivity index (χ0n) is 15.5. The zero-order valence-corrected chi connectivity index (χ0v) is 15.5. The van der Waals surface area contributed by atoms with Gasteiger partial charge in [0.05, 0.1) is 17.6 Å². The molecule has 1 aliphatic heterocycles. The second kappa shape index (κ2) is 7.37. The molecule has 1 aromatic heterocycles. The highest BCUT2D eigenvalue weighted by atomic mass is 16.7. The first-order chi connectivity index (χ1) is 13.9. The lowest BCUT2D eigenvalue weighted by Crippen LogP contribution is -2.17. The number of ether oxygens (including phenoxy) is 2. The van der Waals surface area contributed by atoms with Crippen LogP contribution < -0.4 is 14.8 Å². The molecular weight excluding hydrogens is 350 g/mol. The summed E-state index contributed by atoms with van der Waals surface area (Å²) in [5, 5.41) is 3.52. The summed E-state index contributed by atoms with van der Waals surface area (Å²) < 4.78 is 13.1. The maximum Gasteiger partial charge on any atom is 0.231 e. The number of fused-ring (bicyclic) bond motifs is 2. The molecule has 0 saturated carbocycles. The summed E-state index contributed by atoms with van der Waals surface area (Å²) in [4.78, 5) is 4.85. The first-order valence-corrected chi connectivity index (χ1v) is 9.44. The molecule has 0 spiro atoms. The van der Waals surface area contributed by atoms with Crippen molar-refractivity contribution in [2.75, 3.05) is 6.79 Å². The number of aromatic nitrogens is 2. The van der Waals surface area contributed by atoms with E-state index in [0.717, 1.165) is 47.0 Å². The van der Waals surface area contributed by atoms with Gasteiger partial charge in [0, 0.05) is 13.1 Å². The SMILES string of the molecule is c1ccc(Cn2c(CNCc3ccc4c(c3)OCO4)nc3ccccc32)cc1. The third-order valence-electron chi connectivity index (χ3n) is 4.97. The minimum absolute atomic E-state index is 0.301. The monoisotopic (exact) mass is 371 g/mol. The lowest BCUT2D eigenvalue weighted by molar-refractivity contribution is 0.174. The van der Waals surface area contributed by atoms with Crippen molar-refractivity contribution in [3.63, 3.8) is 0 Å². The average molecular weight is 371 g/mol. The summed E-state index contributed by atoms with van der Waals surface area (Å²) in [5.74, 6) is 2.66. The van der Waals surface area contributed by atoms with E-state index < -0.39 is 0 Å². The molecule has 0 fully saturated rings. The Kier molecular flexibility index (Phi) is 4.43. The summed E-state index contributed by atoms with van der Waals surface area (Å²) >= 11 is 0. The minimum atomic E-state index is 0.301. The zero-order chi connectivity index (χ0) is 18.8. The van der Waals surface area contributed by atoms with Gasteiger partial charge in [0.15, 0.2) is 11.5 Å². The van der Waals surface area contributed by atoms with E-state index in [1.807, 2.05) is 24.3 Å². The largest absolute Gasteiger partial charge is 0.454 e. The summed E-state index contributed by atoms with van der Waals surface area (Å²) in [7, 11) is 0. The van der Waals surface area contributed by atoms with Crippen LogP contribution in [0.1, 0.15) is 17.0 Å². The summed E-state index contributed by atoms with van der Waals surface area (Å²) in [6.45, 7) is 2.54. The fourth-order valence-electron chi connectivity index (χ4n) is 3.57. The van der Waals surface area contributed by atoms with E-state index in [4.69, 9.17) is 14.5 Å². The van der Waals surface area contributed by atoms with Gasteiger partial charge in [-0.2, -0.15) is 0 Å². The molecule has 0 saturated heterocycles. The molecule has 28 heavy (non-hydrogen) atoms. The minimum Gasteiger partial charge on any atom is -0.454 e. The van der Waals surface area contributed by atoms with Gasteiger partial charge >= 0.3 is 0 Å². The summed E-state index contributed by atoms with van der Waals surface area (Å²) in [5.41, 5.74) is 4.61. The first kappa shape index (κ1) is 16.8. The van der Waals surface area contributed by atoms with E-state index in [9.17, 15) is 0 Å². The molecule has 5 heteroatoms. The number of rotatable bonds is 6. The van der Waals surface area contributed by atoms with Crippen LogP contribution in [0.3, 0.4) is 0 Å². The Labute approximate surface area is 163 Å². The third-order valence-corrected chi connectivity index (χ3v) is 4.97. The molecule has 0 amide bonds. The Bertz CT molecular complexity index is 1110. The third kappa shape index (κ3) is 3.32. The summed E-state index contributed by atoms with van der Waals surface area (Å²) in [6, 6.07) is 24.9. The van der Waals surface area contributed by atoms with Crippen LogP contribution in [-0.2, 0) is 19.6 Å². The lowest BCUT2D eigenvalue weighted by atomic mass is 10.2. The van der Waals surface area contributed by atoms with Crippen molar-refractivity contribution >= 4 is 11.0 Å². The van der Waals surface area contributed by atoms with Gasteiger partial charge < -0.3 is 19.4 Å². The summed E-state index contributed by atoms with van der Waals surface area (Å²) in [6.07, 6.45) is 0. The van der Waals surface area contributed by atoms with E-state index in [1.165, 1.54) is 5.56 Å². The van der Waals surface area contributed by atoms with Crippen LogP contribution in [-0.4, -0.2) is 16.3 Å². The van der Waals surface area contributed by atoms with Crippen LogP contribution >= 0.6 is 0 Å². The Morgan fingerprint density at radius 1 is 0.821 bits per heavy atom. The smallest absolute Gasteiger partial charge is 0.231 e. The van der Waals surface area contributed by atoms with Crippen molar-refractivity contribution in [2.45, 2.75) is 19.6 Å². The molecule has 0 aliphatic carbocycles. The highest BCUT2D eigenvalue weighted by Crippen LogP contribution is 2.32. The van der Waals surface area contributed by atoms with Crippen LogP contribution in [0.2, 0.25) is 0 Å². The van der Waals surface area contributed by atoms with E-state index in [-0.39, 0.29) is 0 Å². The van der Waals surface area contributed by atoms with Gasteiger partial charge in [0.2, 0.25) is 6.79 Å². The fourth-order valence-corrected chi connectivity index (χ4v) is 3.57. The predicted molar refractivity (Wildman–Crippen MR) is 108 cm³/mol. The number of hydrogen-bond donors (Lipinski definition) is 1. The van der Waals surface area contributed by atoms with E-state index >= 15 is 0 Å². The van der Waals surface area contributed by atoms with Gasteiger partial charge in [-0.3, -0.25) is 0 Å². The molecule has 1 aliphatic rings. The number of benzene rings is 3. The number of nitrogens with one attached hydrogen (secondary N) is 1. The van der Waals surface area contributed by atoms with E-state index in [0.29, 0.717) is 13.3 Å². The molecule has 0 unspecified atom stereocenters. The van der Waals surface area contributed by atoms with Gasteiger partial charge in [0.25, 0.3) is 0 Å². The predicted octanol–water partition coefficient (Wildman–Crippen LogP) is 4.10. The Morgan fingerprint density at radius 2 is 1.64 bits per heavy atom. The molecule has 5 nitrogen and oxygen atoms in total. The molecular formula is C23H21N3O2. The topological polar surface area (TPSA) is 48.3 Å². The lowest BCUT2D eigenvalue weighted by Gasteiger charge is -2.11. The average Bonchev–Trinajstić information content (AvgIpc) is 3.33. The van der Waals surface area contributed by atoms with E-state index in [2.05, 4.69) is 58.4 Å². The molecule has 1 N–H and O–H groups in total. The van der Waals surface area contributed by atoms with Crippen LogP contribution in [0, 0.1) is 0 Å². The van der Waals surface area contributed by atoms with E-state index in [1.54, 1.807) is 0 Å². The molecule has 4 aromatic rings. The van der Waals surface area contributed by atoms with Gasteiger partial charge in [0.1, 0.15) is 5.82 Å². The standard InChI is InChI=1S/C23H21N3O2/c1-2-6-17(7-3-1)15-26-20-9-5-4-8-19(20)25-23(26)14-24-13-18-10-11-21-22(12-18)28-16-27-21/h1-12,24H,13-16H2. The molecule has 0 bridgehead atoms. The molecule has 140 valence electrons. The quantitative estimate of drug-likeness (QED) is 0.554. The first-order valence-electron chi connectivity index (χ1n) is 9.44. The molecule has 5 rings (SSSR count). The maximum absolute atomic E-state index is 5.46. The van der Waals surface area contributed by atoms with Gasteiger partial charge in [-0.05, 0) is 35.4 Å². The van der Waals surface area contributed by atoms with Crippen molar-refractivity contribution in [3.05, 3.63) is 89.7 Å². The van der Waals surface area contributed by atoms with Crippen LogP contribution in [0.5, 0.6) is 11.5 Å². The molecule has 0 atom stereocenters. The molecule has 0 radical (unpaired) electrons. The van der Waals surface area contributed by atoms with Crippen LogP contribution in [0.4, 0.5) is 0 Å². The van der Waals surface area contributed by atoms with Crippen LogP contribution in [0.25, 0.3) is 11.0 Å². The maximum atomic E-state index is 5.46. The Morgan fingerprint density at radius 3 is 2.57 bits per heavy atom. The number of hydrogen-bond acceptors (Lipinski definition) is 4. The Hall–Kier alpha value is -3.31. The highest BCUT2D eigenvalue weighted by molar-refractivity contribution is 5.76. The second-order valence-corrected chi connectivity index (χ2v) is 6.88. The van der Waals surface area contributed by atoms with Crippen molar-refractivity contribution in [3.8, 4) is 11.5 Å². The number of nitrogens with zero attached hydrogens (tertiary/aromatic N) is 2. The van der Waals surface area contributed by atoms with Crippen molar-refractivity contribution in [1.82, 2.24) is 14.9 Å². The number of para-hydroxylation sites is 2. The highest BCUT2D eigenvalue weighted by Gasteiger charge is 2.14. The van der Waals surface area contributed by atoms with Crippen molar-refractivity contribution in [2.24, 2.45) is 0 Å². The van der Waals surface area contributed by atoms with Gasteiger partial charge in [-0.15, -0.1) is 0 Å². The van der Waals surface area contributed by atoms with Gasteiger partial charge in [-0.1, -0.05) is 48.5 Å². The molecule has 3 aromatic carbocycles. The van der Waals surface area contributed by atoms with Gasteiger partial charge in [-0.25, -0.2) is 4.98 Å².